The van der Waals surface area contributed by atoms with Crippen LogP contribution in [0.5, 0.6) is 0 Å². The van der Waals surface area contributed by atoms with Gasteiger partial charge >= 0.3 is 5.97 Å². The van der Waals surface area contributed by atoms with Crippen LogP contribution < -0.4 is 0 Å². The minimum atomic E-state index is -0.723. The van der Waals surface area contributed by atoms with Crippen LogP contribution in [0.3, 0.4) is 0 Å². The monoisotopic (exact) mass is 478 g/mol. The average Bonchev–Trinajstić information content (AvgIpc) is 3.53. The van der Waals surface area contributed by atoms with Gasteiger partial charge in [-0.25, -0.2) is 0 Å². The SMILES string of the molecule is CC1(C)O[C@@]2(CC[C@@](C)([C@@H]3CC[C@@H]([C@]4(C)CC[C@@H]([C@]5(C)CCC(=O)O5)O4)O3)O2)[C@@]2(C)CC[C@@H]1O2. The first-order valence-electron chi connectivity index (χ1n) is 13.4. The van der Waals surface area contributed by atoms with Crippen LogP contribution in [0.4, 0.5) is 0 Å². The third-order valence-electron chi connectivity index (χ3n) is 10.2. The molecule has 0 radical (unpaired) electrons. The lowest BCUT2D eigenvalue weighted by Gasteiger charge is -2.53. The molecule has 0 N–H and O–H groups in total. The van der Waals surface area contributed by atoms with Gasteiger partial charge in [-0.05, 0) is 92.9 Å². The summed E-state index contributed by atoms with van der Waals surface area (Å²) in [5.74, 6) is -0.837. The van der Waals surface area contributed by atoms with Gasteiger partial charge in [0.15, 0.2) is 5.79 Å². The van der Waals surface area contributed by atoms with Gasteiger partial charge in [0.1, 0.15) is 11.2 Å². The number of cyclic esters (lactones) is 1. The van der Waals surface area contributed by atoms with E-state index in [0.717, 1.165) is 57.8 Å². The fraction of sp³-hybridized carbons (Fsp3) is 0.963. The van der Waals surface area contributed by atoms with Crippen molar-refractivity contribution in [3.8, 4) is 0 Å². The molecule has 6 saturated heterocycles. The van der Waals surface area contributed by atoms with E-state index in [9.17, 15) is 4.79 Å². The summed E-state index contributed by atoms with van der Waals surface area (Å²) in [6, 6.07) is 0. The van der Waals surface area contributed by atoms with E-state index in [1.807, 2.05) is 6.92 Å². The third-order valence-corrected chi connectivity index (χ3v) is 10.2. The fourth-order valence-corrected chi connectivity index (χ4v) is 7.77. The Labute approximate surface area is 203 Å². The van der Waals surface area contributed by atoms with Gasteiger partial charge in [0.2, 0.25) is 0 Å². The number of carbonyl (C=O) groups is 1. The second kappa shape index (κ2) is 7.18. The van der Waals surface area contributed by atoms with E-state index in [-0.39, 0.29) is 41.6 Å². The van der Waals surface area contributed by atoms with Crippen molar-refractivity contribution in [3.05, 3.63) is 0 Å². The molecule has 6 aliphatic heterocycles. The van der Waals surface area contributed by atoms with Gasteiger partial charge in [-0.3, -0.25) is 4.79 Å². The second-order valence-electron chi connectivity index (χ2n) is 13.2. The quantitative estimate of drug-likeness (QED) is 0.550. The summed E-state index contributed by atoms with van der Waals surface area (Å²) in [7, 11) is 0. The maximum Gasteiger partial charge on any atom is 0.306 e. The molecule has 6 heterocycles. The number of fused-ring (bicyclic) bond motifs is 3. The summed E-state index contributed by atoms with van der Waals surface area (Å²) in [6.45, 7) is 12.8. The van der Waals surface area contributed by atoms with Crippen LogP contribution >= 0.6 is 0 Å². The molecule has 0 aromatic carbocycles. The van der Waals surface area contributed by atoms with Crippen molar-refractivity contribution in [1.82, 2.24) is 0 Å². The van der Waals surface area contributed by atoms with Crippen LogP contribution in [0, 0.1) is 0 Å². The molecular formula is C27H42O7. The van der Waals surface area contributed by atoms with E-state index in [0.29, 0.717) is 6.42 Å². The van der Waals surface area contributed by atoms with Crippen LogP contribution in [-0.2, 0) is 33.2 Å². The molecule has 0 amide bonds. The summed E-state index contributed by atoms with van der Waals surface area (Å²) in [4.78, 5) is 11.8. The Morgan fingerprint density at radius 3 is 2.06 bits per heavy atom. The highest BCUT2D eigenvalue weighted by atomic mass is 16.8. The minimum absolute atomic E-state index is 0.00610. The first-order chi connectivity index (χ1) is 15.8. The average molecular weight is 479 g/mol. The topological polar surface area (TPSA) is 72.5 Å². The first-order valence-corrected chi connectivity index (χ1v) is 13.4. The van der Waals surface area contributed by atoms with Gasteiger partial charge in [-0.15, -0.1) is 0 Å². The zero-order chi connectivity index (χ0) is 24.2. The third kappa shape index (κ3) is 3.29. The van der Waals surface area contributed by atoms with E-state index in [4.69, 9.17) is 28.4 Å². The van der Waals surface area contributed by atoms with Gasteiger partial charge < -0.3 is 28.4 Å². The molecule has 2 bridgehead atoms. The summed E-state index contributed by atoms with van der Waals surface area (Å²) >= 11 is 0. The number of hydrogen-bond donors (Lipinski definition) is 0. The first kappa shape index (κ1) is 23.7. The molecule has 0 aromatic rings. The van der Waals surface area contributed by atoms with Gasteiger partial charge in [-0.1, -0.05) is 0 Å². The second-order valence-corrected chi connectivity index (χ2v) is 13.2. The number of rotatable bonds is 3. The van der Waals surface area contributed by atoms with E-state index in [2.05, 4.69) is 34.6 Å². The minimum Gasteiger partial charge on any atom is -0.457 e. The highest BCUT2D eigenvalue weighted by molar-refractivity contribution is 5.72. The number of ether oxygens (including phenoxy) is 6. The Kier molecular flexibility index (Phi) is 5.00. The predicted molar refractivity (Wildman–Crippen MR) is 123 cm³/mol. The zero-order valence-electron chi connectivity index (χ0n) is 21.7. The van der Waals surface area contributed by atoms with Crippen LogP contribution in [0.2, 0.25) is 0 Å². The molecule has 9 atom stereocenters. The van der Waals surface area contributed by atoms with Crippen molar-refractivity contribution < 1.29 is 33.2 Å². The number of esters is 1. The normalized spacial score (nSPS) is 56.5. The van der Waals surface area contributed by atoms with Gasteiger partial charge in [-0.2, -0.15) is 0 Å². The van der Waals surface area contributed by atoms with E-state index in [1.54, 1.807) is 0 Å². The maximum atomic E-state index is 11.8. The molecule has 34 heavy (non-hydrogen) atoms. The van der Waals surface area contributed by atoms with Crippen molar-refractivity contribution in [2.75, 3.05) is 0 Å². The highest BCUT2D eigenvalue weighted by Crippen LogP contribution is 2.59. The lowest BCUT2D eigenvalue weighted by atomic mass is 9.87. The van der Waals surface area contributed by atoms with E-state index < -0.39 is 22.6 Å². The summed E-state index contributed by atoms with van der Waals surface area (Å²) in [6.07, 6.45) is 8.63. The Balaban J connectivity index is 1.15. The van der Waals surface area contributed by atoms with Crippen molar-refractivity contribution in [1.29, 1.82) is 0 Å². The number of hydrogen-bond acceptors (Lipinski definition) is 7. The van der Waals surface area contributed by atoms with Crippen LogP contribution in [0.1, 0.15) is 106 Å². The smallest absolute Gasteiger partial charge is 0.306 e. The summed E-state index contributed by atoms with van der Waals surface area (Å²) in [5, 5.41) is 0. The van der Waals surface area contributed by atoms with Gasteiger partial charge in [0, 0.05) is 12.8 Å². The van der Waals surface area contributed by atoms with Gasteiger partial charge in [0.05, 0.1) is 41.2 Å². The maximum absolute atomic E-state index is 11.8. The van der Waals surface area contributed by atoms with Crippen molar-refractivity contribution in [2.45, 2.75) is 164 Å². The Morgan fingerprint density at radius 1 is 0.647 bits per heavy atom. The van der Waals surface area contributed by atoms with E-state index in [1.165, 1.54) is 0 Å². The molecule has 6 aliphatic rings. The molecule has 0 aliphatic carbocycles. The predicted octanol–water partition coefficient (Wildman–Crippen LogP) is 4.58. The standard InChI is InChI=1S/C27H42O7/c1-22(2)17-10-14-26(6,31-17)27(33-22)16-15-25(5,34-27)19-8-7-18(29-19)23(3)12-9-20(30-23)24(4)13-11-21(28)32-24/h17-20H,7-16H2,1-6H3/t17-,18-,19-,20-,23-,24-,25-,26+,27+/m0/s1. The Morgan fingerprint density at radius 2 is 1.35 bits per heavy atom. The molecule has 6 rings (SSSR count). The molecule has 0 aromatic heterocycles. The lowest BCUT2D eigenvalue weighted by molar-refractivity contribution is -0.407. The molecule has 7 heteroatoms. The van der Waals surface area contributed by atoms with Crippen molar-refractivity contribution in [2.24, 2.45) is 0 Å². The fourth-order valence-electron chi connectivity index (χ4n) is 7.77. The molecule has 7 nitrogen and oxygen atoms in total. The lowest BCUT2D eigenvalue weighted by Crippen LogP contribution is -2.64. The molecular weight excluding hydrogens is 436 g/mol. The molecule has 192 valence electrons. The van der Waals surface area contributed by atoms with Crippen LogP contribution in [-0.4, -0.2) is 64.2 Å². The highest BCUT2D eigenvalue weighted by Gasteiger charge is 2.69. The van der Waals surface area contributed by atoms with Crippen molar-refractivity contribution in [3.63, 3.8) is 0 Å². The molecule has 0 unspecified atom stereocenters. The molecule has 0 saturated carbocycles. The van der Waals surface area contributed by atoms with E-state index >= 15 is 0 Å². The van der Waals surface area contributed by atoms with Crippen LogP contribution in [0.15, 0.2) is 0 Å². The van der Waals surface area contributed by atoms with Crippen molar-refractivity contribution >= 4 is 5.97 Å². The number of carbonyl (C=O) groups excluding carboxylic acids is 1. The summed E-state index contributed by atoms with van der Waals surface area (Å²) < 4.78 is 39.2. The van der Waals surface area contributed by atoms with Gasteiger partial charge in [0.25, 0.3) is 0 Å². The summed E-state index contributed by atoms with van der Waals surface area (Å²) in [5.41, 5.74) is -2.08. The Bertz CT molecular complexity index is 875. The largest absolute Gasteiger partial charge is 0.457 e. The zero-order valence-corrected chi connectivity index (χ0v) is 21.7. The molecule has 6 fully saturated rings. The molecule has 1 spiro atoms. The van der Waals surface area contributed by atoms with Crippen LogP contribution in [0.25, 0.3) is 0 Å². The Hall–Kier alpha value is -0.730.